The number of ether oxygens (including phenoxy) is 4. The lowest BCUT2D eigenvalue weighted by Crippen LogP contribution is -2.40. The van der Waals surface area contributed by atoms with Crippen molar-refractivity contribution in [1.82, 2.24) is 0 Å². The van der Waals surface area contributed by atoms with E-state index < -0.39 is 75.8 Å². The molecule has 17 heteroatoms. The third-order valence-electron chi connectivity index (χ3n) is 10.3. The van der Waals surface area contributed by atoms with Gasteiger partial charge < -0.3 is 35.3 Å². The van der Waals surface area contributed by atoms with Crippen molar-refractivity contribution in [2.24, 2.45) is 23.3 Å². The van der Waals surface area contributed by atoms with E-state index in [0.717, 1.165) is 38.5 Å². The van der Waals surface area contributed by atoms with Crippen molar-refractivity contribution in [2.45, 2.75) is 233 Å². The van der Waals surface area contributed by atoms with Gasteiger partial charge in [-0.05, 0) is 37.5 Å². The Labute approximate surface area is 394 Å². The van der Waals surface area contributed by atoms with Crippen LogP contribution >= 0.6 is 32.6 Å². The van der Waals surface area contributed by atoms with Crippen LogP contribution in [-0.4, -0.2) is 79.5 Å². The molecule has 63 heavy (non-hydrogen) atoms. The highest BCUT2D eigenvalue weighted by atomic mass is 35.5. The molecular weight excluding hydrogens is 874 g/mol. The summed E-state index contributed by atoms with van der Waals surface area (Å²) in [5, 5.41) is 0. The van der Waals surface area contributed by atoms with Gasteiger partial charge in [0.05, 0.1) is 13.2 Å². The second-order valence-corrected chi connectivity index (χ2v) is 19.0. The Morgan fingerprint density at radius 1 is 0.476 bits per heavy atom. The van der Waals surface area contributed by atoms with Crippen LogP contribution < -0.4 is 11.5 Å². The highest BCUT2D eigenvalue weighted by molar-refractivity contribution is 7.47. The summed E-state index contributed by atoms with van der Waals surface area (Å²) in [6.45, 7) is 9.79. The predicted octanol–water partition coefficient (Wildman–Crippen LogP) is 11.0. The van der Waals surface area contributed by atoms with Gasteiger partial charge in [0.1, 0.15) is 25.3 Å². The summed E-state index contributed by atoms with van der Waals surface area (Å²) in [4.78, 5) is 61.3. The van der Waals surface area contributed by atoms with Gasteiger partial charge in [0, 0.05) is 12.8 Å². The largest absolute Gasteiger partial charge is 0.472 e. The fraction of sp³-hybridized carbons (Fsp3) is 0.913. The summed E-state index contributed by atoms with van der Waals surface area (Å²) in [6, 6.07) is -1.91. The van der Waals surface area contributed by atoms with Crippen molar-refractivity contribution >= 4 is 56.5 Å². The van der Waals surface area contributed by atoms with Crippen molar-refractivity contribution in [1.29, 1.82) is 0 Å². The monoisotopic (exact) mass is 965 g/mol. The second kappa shape index (κ2) is 43.1. The van der Waals surface area contributed by atoms with Crippen LogP contribution in [-0.2, 0) is 51.7 Å². The number of hydrogen-bond acceptors (Lipinski definition) is 13. The van der Waals surface area contributed by atoms with Crippen LogP contribution in [0.25, 0.3) is 0 Å². The van der Waals surface area contributed by atoms with E-state index in [2.05, 4.69) is 13.8 Å². The van der Waals surface area contributed by atoms with Gasteiger partial charge in [-0.1, -0.05) is 170 Å². The van der Waals surface area contributed by atoms with Gasteiger partial charge in [-0.15, -0.1) is 24.8 Å². The van der Waals surface area contributed by atoms with Crippen LogP contribution in [0.4, 0.5) is 0 Å². The first kappa shape index (κ1) is 65.8. The number of phosphoric ester groups is 1. The van der Waals surface area contributed by atoms with Crippen LogP contribution in [0, 0.1) is 11.8 Å². The Morgan fingerprint density at radius 2 is 0.810 bits per heavy atom. The van der Waals surface area contributed by atoms with E-state index in [1.54, 1.807) is 0 Å². The Hall–Kier alpha value is -1.51. The molecule has 0 amide bonds. The number of carbonyl (C=O) groups excluding carboxylic acids is 4. The van der Waals surface area contributed by atoms with Gasteiger partial charge in [-0.25, -0.2) is 4.57 Å². The molecule has 0 saturated heterocycles. The zero-order chi connectivity index (χ0) is 45.7. The lowest BCUT2D eigenvalue weighted by atomic mass is 10.0. The molecule has 0 bridgehead atoms. The molecule has 0 aromatic rings. The summed E-state index contributed by atoms with van der Waals surface area (Å²) in [5.41, 5.74) is 11.9. The first-order valence-electron chi connectivity index (χ1n) is 23.9. The summed E-state index contributed by atoms with van der Waals surface area (Å²) >= 11 is 0. The van der Waals surface area contributed by atoms with E-state index in [0.29, 0.717) is 25.7 Å². The van der Waals surface area contributed by atoms with Crippen molar-refractivity contribution in [2.75, 3.05) is 26.4 Å². The van der Waals surface area contributed by atoms with Crippen LogP contribution in [0.5, 0.6) is 0 Å². The maximum Gasteiger partial charge on any atom is 0.472 e. The normalized spacial score (nSPS) is 14.1. The number of carbonyl (C=O) groups is 4. The average Bonchev–Trinajstić information content (AvgIpc) is 3.20. The van der Waals surface area contributed by atoms with Gasteiger partial charge in [-0.2, -0.15) is 0 Å². The molecule has 0 heterocycles. The third-order valence-corrected chi connectivity index (χ3v) is 11.2. The topological polar surface area (TPSA) is 213 Å². The molecule has 0 saturated carbocycles. The van der Waals surface area contributed by atoms with Gasteiger partial charge in [0.25, 0.3) is 0 Å². The van der Waals surface area contributed by atoms with E-state index in [1.165, 1.54) is 89.9 Å². The molecule has 376 valence electrons. The highest BCUT2D eigenvalue weighted by Crippen LogP contribution is 2.43. The second-order valence-electron chi connectivity index (χ2n) is 17.6. The Kier molecular flexibility index (Phi) is 45.0. The zero-order valence-corrected chi connectivity index (χ0v) is 42.6. The molecule has 0 aromatic heterocycles. The minimum Gasteiger partial charge on any atom is -0.462 e. The standard InChI is InChI=1S/C46H89N2O12P.2ClH/c1-7-9-11-13-15-17-19-21-23-25-27-29-43(49)55-33-39(59-44(50)30-28-26-24-22-20-18-16-14-12-10-8-2)35-57-61(53,54)58-36-40(60-46(52)42(48)32-38(5)6)34-56-45(51)41(47)31-37(3)4;;/h37-42H,7-36,47-48H2,1-6H3,(H,53,54);2*1H/t39-,40?,41+,42+;;/m1../s1. The number of phosphoric acid groups is 1. The first-order valence-corrected chi connectivity index (χ1v) is 25.4. The third kappa shape index (κ3) is 41.6. The van der Waals surface area contributed by atoms with E-state index >= 15 is 0 Å². The minimum atomic E-state index is -4.87. The van der Waals surface area contributed by atoms with Crippen LogP contribution in [0.15, 0.2) is 0 Å². The van der Waals surface area contributed by atoms with Gasteiger partial charge >= 0.3 is 31.7 Å². The SMILES string of the molecule is CCCCCCCCCCCCCC(=O)OC[C@H](COP(=O)(O)OCC(COC(=O)[C@@H](N)CC(C)C)OC(=O)[C@@H](N)CC(C)C)OC(=O)CCCCCCCCCCCCC.Cl.Cl. The molecule has 0 fully saturated rings. The molecule has 0 aliphatic carbocycles. The van der Waals surface area contributed by atoms with E-state index in [1.807, 2.05) is 27.7 Å². The van der Waals surface area contributed by atoms with E-state index in [4.69, 9.17) is 39.5 Å². The molecular formula is C46H91Cl2N2O12P. The number of hydrogen-bond donors (Lipinski definition) is 3. The van der Waals surface area contributed by atoms with Crippen molar-refractivity contribution in [3.63, 3.8) is 0 Å². The van der Waals surface area contributed by atoms with Crippen molar-refractivity contribution < 1.29 is 56.6 Å². The summed E-state index contributed by atoms with van der Waals surface area (Å²) < 4.78 is 45.1. The lowest BCUT2D eigenvalue weighted by Gasteiger charge is -2.23. The molecule has 0 aliphatic rings. The molecule has 0 aliphatic heterocycles. The van der Waals surface area contributed by atoms with Crippen molar-refractivity contribution in [3.8, 4) is 0 Å². The predicted molar refractivity (Wildman–Crippen MR) is 255 cm³/mol. The number of rotatable bonds is 42. The number of unbranched alkanes of at least 4 members (excludes halogenated alkanes) is 20. The smallest absolute Gasteiger partial charge is 0.462 e. The average molecular weight is 966 g/mol. The van der Waals surface area contributed by atoms with Crippen LogP contribution in [0.3, 0.4) is 0 Å². The first-order chi connectivity index (χ1) is 29.1. The fourth-order valence-corrected chi connectivity index (χ4v) is 7.52. The number of esters is 4. The number of halogens is 2. The van der Waals surface area contributed by atoms with Crippen LogP contribution in [0.1, 0.15) is 208 Å². The molecule has 0 spiro atoms. The molecule has 0 rings (SSSR count). The lowest BCUT2D eigenvalue weighted by molar-refractivity contribution is -0.163. The molecule has 2 unspecified atom stereocenters. The Balaban J connectivity index is -0.0000180. The Bertz CT molecular complexity index is 1190. The molecule has 0 aromatic carbocycles. The maximum absolute atomic E-state index is 13.1. The molecule has 14 nitrogen and oxygen atoms in total. The summed E-state index contributed by atoms with van der Waals surface area (Å²) in [6.07, 6.45) is 23.5. The summed E-state index contributed by atoms with van der Waals surface area (Å²) in [5.74, 6) is -2.34. The van der Waals surface area contributed by atoms with Gasteiger partial charge in [-0.3, -0.25) is 28.2 Å². The molecule has 5 atom stereocenters. The molecule has 0 radical (unpaired) electrons. The molecule has 5 N–H and O–H groups in total. The fourth-order valence-electron chi connectivity index (χ4n) is 6.74. The van der Waals surface area contributed by atoms with Gasteiger partial charge in [0.2, 0.25) is 0 Å². The van der Waals surface area contributed by atoms with E-state index in [-0.39, 0.29) is 56.1 Å². The zero-order valence-electron chi connectivity index (χ0n) is 40.0. The van der Waals surface area contributed by atoms with Gasteiger partial charge in [0.15, 0.2) is 12.2 Å². The van der Waals surface area contributed by atoms with Crippen molar-refractivity contribution in [3.05, 3.63) is 0 Å². The van der Waals surface area contributed by atoms with Crippen LogP contribution in [0.2, 0.25) is 0 Å². The Morgan fingerprint density at radius 3 is 1.21 bits per heavy atom. The quantitative estimate of drug-likeness (QED) is 0.0225. The number of nitrogens with two attached hydrogens (primary N) is 2. The van der Waals surface area contributed by atoms with E-state index in [9.17, 15) is 28.6 Å². The maximum atomic E-state index is 13.1. The minimum absolute atomic E-state index is 0. The highest BCUT2D eigenvalue weighted by Gasteiger charge is 2.30. The summed E-state index contributed by atoms with van der Waals surface area (Å²) in [7, 11) is -4.87.